The highest BCUT2D eigenvalue weighted by molar-refractivity contribution is 6.02. The summed E-state index contributed by atoms with van der Waals surface area (Å²) in [5, 5.41) is 2.29. The van der Waals surface area contributed by atoms with Gasteiger partial charge in [-0.25, -0.2) is 0 Å². The maximum atomic E-state index is 6.60. The summed E-state index contributed by atoms with van der Waals surface area (Å²) >= 11 is 0. The Morgan fingerprint density at radius 2 is 1.05 bits per heavy atom. The van der Waals surface area contributed by atoms with Crippen molar-refractivity contribution in [2.45, 2.75) is 0 Å². The molecule has 0 fully saturated rings. The van der Waals surface area contributed by atoms with E-state index in [0.29, 0.717) is 5.70 Å². The minimum Gasteiger partial charge on any atom is -0.397 e. The molecular weight excluding hydrogens is 673 g/mol. The Kier molecular flexibility index (Phi) is 8.61. The fourth-order valence-corrected chi connectivity index (χ4v) is 7.39. The van der Waals surface area contributed by atoms with E-state index >= 15 is 0 Å². The number of nitrogens with two attached hydrogens (primary N) is 2. The standard InChI is InChI=1S/C49H40N6/c1-35-13-9-12-28-53(35)34-45(51)37-20-24-43(25-21-37)55-47(39-16-7-3-8-17-39)30-41-31-48-40(32-49(41)55)29-46(38-14-5-2-6-15-38)54(48)42-22-18-36(19-23-42)44(50)33-52-26-10-4-11-27-52/h2-26,28-34H,1,27,50-51H2/b44-33-,45-34-. The fraction of sp³-hybridized carbons (Fsp3) is 0.0204. The van der Waals surface area contributed by atoms with Gasteiger partial charge in [0.15, 0.2) is 0 Å². The van der Waals surface area contributed by atoms with Gasteiger partial charge in [-0.15, -0.1) is 0 Å². The average Bonchev–Trinajstić information content (AvgIpc) is 3.80. The van der Waals surface area contributed by atoms with E-state index in [-0.39, 0.29) is 0 Å². The van der Waals surface area contributed by atoms with Crippen LogP contribution in [0.25, 0.3) is 67.1 Å². The van der Waals surface area contributed by atoms with Crippen LogP contribution in [0.2, 0.25) is 0 Å². The Morgan fingerprint density at radius 3 is 1.55 bits per heavy atom. The third-order valence-corrected chi connectivity index (χ3v) is 10.2. The molecule has 6 heteroatoms. The van der Waals surface area contributed by atoms with Crippen molar-refractivity contribution in [1.29, 1.82) is 0 Å². The van der Waals surface area contributed by atoms with Crippen molar-refractivity contribution in [1.82, 2.24) is 18.9 Å². The van der Waals surface area contributed by atoms with Gasteiger partial charge in [0.1, 0.15) is 0 Å². The molecule has 7 aromatic rings. The minimum absolute atomic E-state index is 0.660. The second-order valence-electron chi connectivity index (χ2n) is 13.8. The Labute approximate surface area is 321 Å². The predicted octanol–water partition coefficient (Wildman–Crippen LogP) is 10.7. The van der Waals surface area contributed by atoms with Crippen LogP contribution in [0.1, 0.15) is 11.1 Å². The lowest BCUT2D eigenvalue weighted by Gasteiger charge is -2.19. The second-order valence-corrected chi connectivity index (χ2v) is 13.8. The van der Waals surface area contributed by atoms with Crippen LogP contribution in [0.4, 0.5) is 0 Å². The first-order valence-corrected chi connectivity index (χ1v) is 18.4. The summed E-state index contributed by atoms with van der Waals surface area (Å²) in [6, 6.07) is 47.4. The van der Waals surface area contributed by atoms with Crippen LogP contribution in [0.3, 0.4) is 0 Å². The molecule has 266 valence electrons. The molecule has 2 aromatic heterocycles. The first-order chi connectivity index (χ1) is 27.0. The largest absolute Gasteiger partial charge is 0.397 e. The highest BCUT2D eigenvalue weighted by Crippen LogP contribution is 2.38. The van der Waals surface area contributed by atoms with Crippen LogP contribution in [0.5, 0.6) is 0 Å². The van der Waals surface area contributed by atoms with Crippen molar-refractivity contribution < 1.29 is 0 Å². The summed E-state index contributed by atoms with van der Waals surface area (Å²) in [5.74, 6) is 0. The highest BCUT2D eigenvalue weighted by atomic mass is 15.1. The summed E-state index contributed by atoms with van der Waals surface area (Å²) in [6.07, 6.45) is 20.0. The maximum absolute atomic E-state index is 6.60. The SMILES string of the molecule is C=C1C=CC=CN1/C=C(\N)c1ccc(-n2c(-c3ccccc3)cc3cc4c(cc(-c5ccccc5)n4-c4ccc(/C(N)=C/N5C=CC=CC5)cc4)cc32)cc1. The van der Waals surface area contributed by atoms with Crippen LogP contribution < -0.4 is 11.5 Å². The van der Waals surface area contributed by atoms with Gasteiger partial charge in [0, 0.05) is 59.2 Å². The van der Waals surface area contributed by atoms with Gasteiger partial charge in [-0.2, -0.15) is 0 Å². The summed E-state index contributed by atoms with van der Waals surface area (Å²) in [5.41, 5.74) is 26.2. The monoisotopic (exact) mass is 712 g/mol. The van der Waals surface area contributed by atoms with Gasteiger partial charge in [-0.05, 0) is 89.0 Å². The molecule has 0 spiro atoms. The molecule has 0 bridgehead atoms. The summed E-state index contributed by atoms with van der Waals surface area (Å²) in [6.45, 7) is 4.92. The third kappa shape index (κ3) is 6.47. The number of hydrogen-bond acceptors (Lipinski definition) is 4. The van der Waals surface area contributed by atoms with E-state index in [4.69, 9.17) is 11.5 Å². The first kappa shape index (κ1) is 33.4. The Hall–Kier alpha value is -7.44. The Bertz CT molecular complexity index is 2740. The van der Waals surface area contributed by atoms with Gasteiger partial charge < -0.3 is 30.4 Å². The minimum atomic E-state index is 0.660. The normalized spacial score (nSPS) is 14.5. The fourth-order valence-electron chi connectivity index (χ4n) is 7.39. The zero-order valence-electron chi connectivity index (χ0n) is 30.3. The van der Waals surface area contributed by atoms with Crippen LogP contribution in [0, 0.1) is 0 Å². The summed E-state index contributed by atoms with van der Waals surface area (Å²) in [4.78, 5) is 4.02. The molecule has 9 rings (SSSR count). The lowest BCUT2D eigenvalue weighted by molar-refractivity contribution is 0.561. The third-order valence-electron chi connectivity index (χ3n) is 10.2. The lowest BCUT2D eigenvalue weighted by atomic mass is 10.1. The summed E-state index contributed by atoms with van der Waals surface area (Å²) in [7, 11) is 0. The van der Waals surface area contributed by atoms with Crippen LogP contribution >= 0.6 is 0 Å². The number of benzene rings is 5. The molecule has 4 N–H and O–H groups in total. The molecule has 0 aliphatic carbocycles. The van der Waals surface area contributed by atoms with Crippen molar-refractivity contribution >= 4 is 33.2 Å². The van der Waals surface area contributed by atoms with Crippen LogP contribution in [-0.2, 0) is 0 Å². The van der Waals surface area contributed by atoms with Gasteiger partial charge in [0.05, 0.1) is 33.8 Å². The van der Waals surface area contributed by atoms with E-state index in [0.717, 1.165) is 84.8 Å². The molecule has 6 nitrogen and oxygen atoms in total. The van der Waals surface area contributed by atoms with Crippen molar-refractivity contribution in [2.24, 2.45) is 11.5 Å². The van der Waals surface area contributed by atoms with E-state index < -0.39 is 0 Å². The molecule has 5 aromatic carbocycles. The van der Waals surface area contributed by atoms with Crippen LogP contribution in [0.15, 0.2) is 207 Å². The number of hydrogen-bond donors (Lipinski definition) is 2. The molecule has 4 heterocycles. The van der Waals surface area contributed by atoms with Crippen molar-refractivity contribution in [2.75, 3.05) is 6.54 Å². The van der Waals surface area contributed by atoms with E-state index in [2.05, 4.69) is 160 Å². The van der Waals surface area contributed by atoms with E-state index in [1.54, 1.807) is 0 Å². The quantitative estimate of drug-likeness (QED) is 0.165. The number of rotatable bonds is 8. The van der Waals surface area contributed by atoms with E-state index in [9.17, 15) is 0 Å². The highest BCUT2D eigenvalue weighted by Gasteiger charge is 2.19. The van der Waals surface area contributed by atoms with E-state index in [1.165, 1.54) is 0 Å². The maximum Gasteiger partial charge on any atom is 0.0556 e. The zero-order valence-corrected chi connectivity index (χ0v) is 30.3. The van der Waals surface area contributed by atoms with Gasteiger partial charge in [0.25, 0.3) is 0 Å². The molecule has 0 unspecified atom stereocenters. The van der Waals surface area contributed by atoms with Crippen molar-refractivity contribution in [3.63, 3.8) is 0 Å². The molecule has 0 atom stereocenters. The second kappa shape index (κ2) is 14.2. The zero-order chi connectivity index (χ0) is 37.3. The summed E-state index contributed by atoms with van der Waals surface area (Å²) < 4.78 is 4.71. The number of fused-ring (bicyclic) bond motifs is 2. The smallest absolute Gasteiger partial charge is 0.0556 e. The van der Waals surface area contributed by atoms with Crippen molar-refractivity contribution in [3.05, 3.63) is 218 Å². The number of allylic oxidation sites excluding steroid dienone is 5. The molecule has 0 saturated heterocycles. The van der Waals surface area contributed by atoms with Gasteiger partial charge in [0.2, 0.25) is 0 Å². The lowest BCUT2D eigenvalue weighted by Crippen LogP contribution is -2.14. The molecule has 2 aliphatic heterocycles. The van der Waals surface area contributed by atoms with Crippen molar-refractivity contribution in [3.8, 4) is 33.9 Å². The number of nitrogens with zero attached hydrogens (tertiary/aromatic N) is 4. The molecule has 0 saturated carbocycles. The Morgan fingerprint density at radius 1 is 0.545 bits per heavy atom. The predicted molar refractivity (Wildman–Crippen MR) is 230 cm³/mol. The first-order valence-electron chi connectivity index (χ1n) is 18.4. The van der Waals surface area contributed by atoms with E-state index in [1.807, 2.05) is 60.1 Å². The molecule has 0 radical (unpaired) electrons. The molecule has 55 heavy (non-hydrogen) atoms. The molecular formula is C49H40N6. The molecule has 2 aliphatic rings. The Balaban J connectivity index is 1.17. The molecule has 0 amide bonds. The van der Waals surface area contributed by atoms with Gasteiger partial charge in [-0.3, -0.25) is 0 Å². The average molecular weight is 713 g/mol. The van der Waals surface area contributed by atoms with Gasteiger partial charge >= 0.3 is 0 Å². The van der Waals surface area contributed by atoms with Gasteiger partial charge in [-0.1, -0.05) is 110 Å². The topological polar surface area (TPSA) is 68.4 Å². The number of aromatic nitrogens is 2. The van der Waals surface area contributed by atoms with Crippen LogP contribution in [-0.4, -0.2) is 25.5 Å².